The van der Waals surface area contributed by atoms with Gasteiger partial charge in [-0.15, -0.1) is 0 Å². The maximum Gasteiger partial charge on any atom is 0.183 e. The van der Waals surface area contributed by atoms with E-state index in [1.165, 1.54) is 0 Å². The molecule has 1 aliphatic rings. The molecule has 96 valence electrons. The molecule has 0 aliphatic carbocycles. The van der Waals surface area contributed by atoms with E-state index in [1.54, 1.807) is 0 Å². The summed E-state index contributed by atoms with van der Waals surface area (Å²) in [7, 11) is 2.12. The van der Waals surface area contributed by atoms with Crippen molar-refractivity contribution in [2.45, 2.75) is 12.6 Å². The molecule has 4 nitrogen and oxygen atoms in total. The van der Waals surface area contributed by atoms with Crippen LogP contribution in [0.4, 0.5) is 0 Å². The van der Waals surface area contributed by atoms with Crippen LogP contribution in [0.1, 0.15) is 5.76 Å². The first kappa shape index (κ1) is 13.5. The second kappa shape index (κ2) is 6.33. The highest BCUT2D eigenvalue weighted by Crippen LogP contribution is 2.26. The maximum atomic E-state index is 5.66. The molecule has 2 heterocycles. The van der Waals surface area contributed by atoms with Gasteiger partial charge in [0.2, 0.25) is 0 Å². The Bertz CT molecular complexity index is 351. The summed E-state index contributed by atoms with van der Waals surface area (Å²) in [5, 5.41) is 3.35. The van der Waals surface area contributed by atoms with Crippen LogP contribution in [0, 0.1) is 0 Å². The van der Waals surface area contributed by atoms with Crippen molar-refractivity contribution in [3.05, 3.63) is 21.0 Å². The Morgan fingerprint density at radius 1 is 1.53 bits per heavy atom. The largest absolute Gasteiger partial charge is 0.452 e. The van der Waals surface area contributed by atoms with E-state index in [2.05, 4.69) is 49.1 Å². The predicted octanol–water partition coefficient (Wildman–Crippen LogP) is 2.22. The normalized spacial score (nSPS) is 21.9. The van der Waals surface area contributed by atoms with Gasteiger partial charge in [-0.05, 0) is 45.0 Å². The smallest absolute Gasteiger partial charge is 0.183 e. The van der Waals surface area contributed by atoms with Gasteiger partial charge in [0, 0.05) is 19.6 Å². The van der Waals surface area contributed by atoms with Crippen LogP contribution in [0.15, 0.2) is 19.6 Å². The molecule has 1 unspecified atom stereocenters. The molecule has 17 heavy (non-hydrogen) atoms. The minimum Gasteiger partial charge on any atom is -0.452 e. The van der Waals surface area contributed by atoms with Crippen LogP contribution in [0.3, 0.4) is 0 Å². The molecule has 6 heteroatoms. The van der Waals surface area contributed by atoms with E-state index in [1.807, 2.05) is 6.07 Å². The summed E-state index contributed by atoms with van der Waals surface area (Å²) in [5.41, 5.74) is 0. The van der Waals surface area contributed by atoms with E-state index in [0.717, 1.165) is 41.1 Å². The van der Waals surface area contributed by atoms with Gasteiger partial charge >= 0.3 is 0 Å². The lowest BCUT2D eigenvalue weighted by atomic mass is 10.3. The van der Waals surface area contributed by atoms with Crippen LogP contribution in [0.2, 0.25) is 0 Å². The fourth-order valence-corrected chi connectivity index (χ4v) is 2.48. The number of hydrogen-bond acceptors (Lipinski definition) is 4. The Hall–Kier alpha value is 0.120. The molecule has 1 atom stereocenters. The Balaban J connectivity index is 1.72. The van der Waals surface area contributed by atoms with E-state index in [-0.39, 0.29) is 6.10 Å². The van der Waals surface area contributed by atoms with E-state index in [4.69, 9.17) is 9.15 Å². The van der Waals surface area contributed by atoms with Crippen molar-refractivity contribution < 1.29 is 9.15 Å². The van der Waals surface area contributed by atoms with Crippen molar-refractivity contribution in [1.29, 1.82) is 0 Å². The zero-order valence-corrected chi connectivity index (χ0v) is 12.9. The van der Waals surface area contributed by atoms with Gasteiger partial charge in [0.25, 0.3) is 0 Å². The Morgan fingerprint density at radius 3 is 3.00 bits per heavy atom. The highest BCUT2D eigenvalue weighted by atomic mass is 79.9. The van der Waals surface area contributed by atoms with Gasteiger partial charge in [-0.1, -0.05) is 0 Å². The number of hydrogen-bond donors (Lipinski definition) is 1. The number of likely N-dealkylation sites (N-methyl/N-ethyl adjacent to an activating group) is 1. The van der Waals surface area contributed by atoms with E-state index < -0.39 is 0 Å². The maximum absolute atomic E-state index is 5.66. The highest BCUT2D eigenvalue weighted by Gasteiger charge is 2.17. The third-order valence-electron chi connectivity index (χ3n) is 2.71. The highest BCUT2D eigenvalue weighted by molar-refractivity contribution is 9.13. The molecule has 1 aromatic heterocycles. The van der Waals surface area contributed by atoms with Crippen LogP contribution in [-0.4, -0.2) is 44.3 Å². The summed E-state index contributed by atoms with van der Waals surface area (Å²) >= 11 is 6.71. The number of ether oxygens (including phenoxy) is 1. The molecule has 0 radical (unpaired) electrons. The number of halogens is 2. The number of nitrogens with one attached hydrogen (secondary N) is 1. The molecule has 1 aromatic rings. The first-order valence-electron chi connectivity index (χ1n) is 5.59. The topological polar surface area (TPSA) is 37.6 Å². The molecule has 0 amide bonds. The lowest BCUT2D eigenvalue weighted by Gasteiger charge is -2.30. The zero-order valence-electron chi connectivity index (χ0n) is 9.71. The van der Waals surface area contributed by atoms with Crippen molar-refractivity contribution >= 4 is 31.9 Å². The van der Waals surface area contributed by atoms with Gasteiger partial charge in [-0.2, -0.15) is 0 Å². The molecule has 1 fully saturated rings. The van der Waals surface area contributed by atoms with Crippen LogP contribution in [0.5, 0.6) is 0 Å². The molecule has 0 bridgehead atoms. The number of morpholine rings is 1. The quantitative estimate of drug-likeness (QED) is 0.885. The fourth-order valence-electron chi connectivity index (χ4n) is 1.83. The molecular weight excluding hydrogens is 352 g/mol. The number of furan rings is 1. The van der Waals surface area contributed by atoms with Gasteiger partial charge < -0.3 is 19.4 Å². The third-order valence-corrected chi connectivity index (χ3v) is 4.42. The predicted molar refractivity (Wildman–Crippen MR) is 73.1 cm³/mol. The first-order chi connectivity index (χ1) is 8.15. The molecule has 2 rings (SSSR count). The Kier molecular flexibility index (Phi) is 5.05. The average molecular weight is 368 g/mol. The summed E-state index contributed by atoms with van der Waals surface area (Å²) in [6.45, 7) is 4.39. The van der Waals surface area contributed by atoms with Gasteiger partial charge in [-0.25, -0.2) is 0 Å². The lowest BCUT2D eigenvalue weighted by molar-refractivity contribution is -0.0183. The second-order valence-corrected chi connectivity index (χ2v) is 5.79. The molecule has 1 N–H and O–H groups in total. The summed E-state index contributed by atoms with van der Waals surface area (Å²) in [6, 6.07) is 1.96. The van der Waals surface area contributed by atoms with Crippen molar-refractivity contribution in [1.82, 2.24) is 10.2 Å². The minimum atomic E-state index is 0.274. The van der Waals surface area contributed by atoms with Crippen LogP contribution < -0.4 is 5.32 Å². The van der Waals surface area contributed by atoms with E-state index in [9.17, 15) is 0 Å². The average Bonchev–Trinajstić information content (AvgIpc) is 2.58. The monoisotopic (exact) mass is 366 g/mol. The SMILES string of the molecule is CN1CCOC(CNCc2cc(Br)c(Br)o2)C1. The van der Waals surface area contributed by atoms with Crippen LogP contribution >= 0.6 is 31.9 Å². The standard InChI is InChI=1S/C11H16Br2N2O2/c1-15-2-3-16-9(7-15)6-14-5-8-4-10(12)11(13)17-8/h4,9,14H,2-3,5-7H2,1H3. The zero-order chi connectivity index (χ0) is 12.3. The summed E-state index contributed by atoms with van der Waals surface area (Å²) in [6.07, 6.45) is 0.274. The summed E-state index contributed by atoms with van der Waals surface area (Å²) < 4.78 is 12.8. The van der Waals surface area contributed by atoms with Crippen LogP contribution in [-0.2, 0) is 11.3 Å². The van der Waals surface area contributed by atoms with Gasteiger partial charge in [0.05, 0.1) is 23.7 Å². The molecule has 0 spiro atoms. The Labute approximate surface area is 118 Å². The summed E-state index contributed by atoms with van der Waals surface area (Å²) in [5.74, 6) is 0.910. The van der Waals surface area contributed by atoms with Gasteiger partial charge in [-0.3, -0.25) is 0 Å². The van der Waals surface area contributed by atoms with E-state index >= 15 is 0 Å². The summed E-state index contributed by atoms with van der Waals surface area (Å²) in [4.78, 5) is 2.29. The first-order valence-corrected chi connectivity index (χ1v) is 7.18. The van der Waals surface area contributed by atoms with Crippen molar-refractivity contribution in [3.63, 3.8) is 0 Å². The van der Waals surface area contributed by atoms with Crippen LogP contribution in [0.25, 0.3) is 0 Å². The minimum absolute atomic E-state index is 0.274. The number of nitrogens with zero attached hydrogens (tertiary/aromatic N) is 1. The van der Waals surface area contributed by atoms with Gasteiger partial charge in [0.1, 0.15) is 5.76 Å². The fraction of sp³-hybridized carbons (Fsp3) is 0.636. The third kappa shape index (κ3) is 4.06. The molecule has 1 aliphatic heterocycles. The molecular formula is C11H16Br2N2O2. The van der Waals surface area contributed by atoms with Crippen molar-refractivity contribution in [3.8, 4) is 0 Å². The molecule has 1 saturated heterocycles. The van der Waals surface area contributed by atoms with Gasteiger partial charge in [0.15, 0.2) is 4.67 Å². The lowest BCUT2D eigenvalue weighted by Crippen LogP contribution is -2.44. The second-order valence-electron chi connectivity index (χ2n) is 4.22. The Morgan fingerprint density at radius 2 is 2.35 bits per heavy atom. The van der Waals surface area contributed by atoms with Crippen molar-refractivity contribution in [2.24, 2.45) is 0 Å². The van der Waals surface area contributed by atoms with Crippen molar-refractivity contribution in [2.75, 3.05) is 33.3 Å². The molecule has 0 aromatic carbocycles. The van der Waals surface area contributed by atoms with E-state index in [0.29, 0.717) is 6.54 Å². The molecule has 0 saturated carbocycles. The number of rotatable bonds is 4.